The number of halogens is 1. The van der Waals surface area contributed by atoms with Crippen LogP contribution in [0, 0.1) is 0 Å². The van der Waals surface area contributed by atoms with Crippen LogP contribution in [0.15, 0.2) is 0 Å². The van der Waals surface area contributed by atoms with E-state index < -0.39 is 8.80 Å². The van der Waals surface area contributed by atoms with Gasteiger partial charge in [-0.05, 0) is 41.5 Å². The molecule has 0 aromatic carbocycles. The molecule has 0 unspecified atom stereocenters. The normalized spacial score (nSPS) is 12.4. The van der Waals surface area contributed by atoms with Gasteiger partial charge in [0.15, 0.2) is 0 Å². The molecule has 0 aromatic heterocycles. The van der Waals surface area contributed by atoms with E-state index in [1.807, 2.05) is 41.5 Å². The van der Waals surface area contributed by atoms with E-state index in [2.05, 4.69) is 0 Å². The molecule has 0 fully saturated rings. The molecule has 16 heavy (non-hydrogen) atoms. The zero-order valence-electron chi connectivity index (χ0n) is 11.2. The van der Waals surface area contributed by atoms with Gasteiger partial charge in [-0.2, -0.15) is 0 Å². The first-order valence-corrected chi connectivity index (χ1v) is 7.87. The summed E-state index contributed by atoms with van der Waals surface area (Å²) in [7, 11) is -2.69. The van der Waals surface area contributed by atoms with E-state index in [4.69, 9.17) is 24.9 Å². The van der Waals surface area contributed by atoms with Crippen LogP contribution in [-0.2, 0) is 13.3 Å². The molecule has 0 saturated heterocycles. The molecule has 0 bridgehead atoms. The van der Waals surface area contributed by atoms with E-state index in [9.17, 15) is 0 Å². The second kappa shape index (κ2) is 9.13. The van der Waals surface area contributed by atoms with Crippen molar-refractivity contribution in [2.75, 3.05) is 5.50 Å². The summed E-state index contributed by atoms with van der Waals surface area (Å²) >= 11 is 5.94. The Bertz CT molecular complexity index is 153. The smallest absolute Gasteiger partial charge is 0.370 e. The van der Waals surface area contributed by atoms with Crippen LogP contribution in [0.1, 0.15) is 41.5 Å². The second-order valence-corrected chi connectivity index (χ2v) is 7.46. The first-order valence-electron chi connectivity index (χ1n) is 5.40. The predicted molar refractivity (Wildman–Crippen MR) is 70.9 cm³/mol. The van der Waals surface area contributed by atoms with Gasteiger partial charge in [0.2, 0.25) is 0 Å². The van der Waals surface area contributed by atoms with Crippen molar-refractivity contribution in [1.82, 2.24) is 0 Å². The Hall–Kier alpha value is 1.15. The maximum atomic E-state index is 5.94. The van der Waals surface area contributed by atoms with Crippen LogP contribution in [0.3, 0.4) is 0 Å². The first kappa shape index (κ1) is 19.5. The Morgan fingerprint density at radius 2 is 1.06 bits per heavy atom. The van der Waals surface area contributed by atoms with Crippen LogP contribution in [-0.4, -0.2) is 55.7 Å². The van der Waals surface area contributed by atoms with E-state index in [1.165, 1.54) is 0 Å². The molecule has 92 valence electrons. The van der Waals surface area contributed by atoms with Crippen molar-refractivity contribution in [1.29, 1.82) is 0 Å². The van der Waals surface area contributed by atoms with Crippen LogP contribution in [0.25, 0.3) is 0 Å². The maximum Gasteiger partial charge on any atom is 2.00 e. The molecule has 0 atom stereocenters. The third-order valence-corrected chi connectivity index (χ3v) is 5.21. The summed E-state index contributed by atoms with van der Waals surface area (Å²) in [6.07, 6.45) is 0.189. The monoisotopic (exact) mass is 278 g/mol. The van der Waals surface area contributed by atoms with Crippen LogP contribution in [0.5, 0.6) is 0 Å². The number of rotatable bonds is 7. The SMILES string of the molecule is CC(C)O[Si](CCl)(OC(C)C)OC(C)C.[Mg+2]. The van der Waals surface area contributed by atoms with Gasteiger partial charge in [0.25, 0.3) is 0 Å². The Balaban J connectivity index is 0. The summed E-state index contributed by atoms with van der Waals surface area (Å²) < 4.78 is 17.3. The zero-order valence-corrected chi connectivity index (χ0v) is 14.4. The van der Waals surface area contributed by atoms with Gasteiger partial charge >= 0.3 is 31.9 Å². The molecule has 0 aromatic rings. The summed E-state index contributed by atoms with van der Waals surface area (Å²) in [6, 6.07) is 0. The minimum absolute atomic E-state index is 0. The molecule has 6 heteroatoms. The van der Waals surface area contributed by atoms with Gasteiger partial charge in [-0.25, -0.2) is 0 Å². The van der Waals surface area contributed by atoms with Crippen LogP contribution in [0.4, 0.5) is 0 Å². The largest absolute Gasteiger partial charge is 2.00 e. The molecule has 0 spiro atoms. The topological polar surface area (TPSA) is 27.7 Å². The van der Waals surface area contributed by atoms with Gasteiger partial charge in [-0.3, -0.25) is 0 Å². The van der Waals surface area contributed by atoms with Crippen molar-refractivity contribution in [3.05, 3.63) is 0 Å². The van der Waals surface area contributed by atoms with Gasteiger partial charge in [-0.15, -0.1) is 11.6 Å². The van der Waals surface area contributed by atoms with Gasteiger partial charge in [-0.1, -0.05) is 0 Å². The van der Waals surface area contributed by atoms with E-state index >= 15 is 0 Å². The van der Waals surface area contributed by atoms with Crippen molar-refractivity contribution in [3.63, 3.8) is 0 Å². The number of hydrogen-bond donors (Lipinski definition) is 0. The summed E-state index contributed by atoms with van der Waals surface area (Å²) in [5.74, 6) is 0. The Morgan fingerprint density at radius 1 is 0.812 bits per heavy atom. The summed E-state index contributed by atoms with van der Waals surface area (Å²) in [4.78, 5) is 0. The first-order chi connectivity index (χ1) is 6.81. The third kappa shape index (κ3) is 8.27. The van der Waals surface area contributed by atoms with Crippen molar-refractivity contribution in [3.8, 4) is 0 Å². The molecule has 0 radical (unpaired) electrons. The van der Waals surface area contributed by atoms with E-state index in [0.717, 1.165) is 0 Å². The molecular formula is C10H23ClMgO3Si+2. The standard InChI is InChI=1S/C10H23ClO3Si.Mg/c1-8(2)12-15(7-11,13-9(3)4)14-10(5)6;/h8-10H,7H2,1-6H3;/q;+2. The summed E-state index contributed by atoms with van der Waals surface area (Å²) in [5.41, 5.74) is 0.293. The van der Waals surface area contributed by atoms with Crippen molar-refractivity contribution < 1.29 is 13.3 Å². The average Bonchev–Trinajstić information content (AvgIpc) is 1.99. The summed E-state index contributed by atoms with van der Waals surface area (Å²) in [5, 5.41) is 0. The molecule has 0 aliphatic carbocycles. The van der Waals surface area contributed by atoms with Crippen LogP contribution < -0.4 is 0 Å². The Kier molecular flexibility index (Phi) is 11.1. The van der Waals surface area contributed by atoms with Crippen LogP contribution >= 0.6 is 11.6 Å². The fraction of sp³-hybridized carbons (Fsp3) is 1.00. The molecule has 0 amide bonds. The Morgan fingerprint density at radius 3 is 1.19 bits per heavy atom. The zero-order chi connectivity index (χ0) is 12.1. The average molecular weight is 279 g/mol. The third-order valence-electron chi connectivity index (χ3n) is 1.41. The Labute approximate surface area is 122 Å². The van der Waals surface area contributed by atoms with Gasteiger partial charge in [0.05, 0.1) is 5.50 Å². The van der Waals surface area contributed by atoms with Gasteiger partial charge < -0.3 is 13.3 Å². The molecule has 0 aliphatic heterocycles. The molecular weight excluding hydrogens is 256 g/mol. The van der Waals surface area contributed by atoms with Crippen LogP contribution in [0.2, 0.25) is 0 Å². The second-order valence-electron chi connectivity index (χ2n) is 4.32. The molecule has 0 saturated carbocycles. The number of alkyl halides is 1. The minimum atomic E-state index is -2.69. The molecule has 0 N–H and O–H groups in total. The van der Waals surface area contributed by atoms with Crippen molar-refractivity contribution in [2.24, 2.45) is 0 Å². The van der Waals surface area contributed by atoms with E-state index in [1.54, 1.807) is 0 Å². The number of hydrogen-bond acceptors (Lipinski definition) is 3. The van der Waals surface area contributed by atoms with Crippen molar-refractivity contribution >= 4 is 43.5 Å². The fourth-order valence-corrected chi connectivity index (χ4v) is 4.33. The minimum Gasteiger partial charge on any atom is -0.370 e. The van der Waals surface area contributed by atoms with E-state index in [0.29, 0.717) is 5.50 Å². The maximum absolute atomic E-state index is 5.94. The molecule has 0 heterocycles. The quantitative estimate of drug-likeness (QED) is 0.529. The summed E-state index contributed by atoms with van der Waals surface area (Å²) in [6.45, 7) is 11.8. The molecule has 0 rings (SSSR count). The molecule has 0 aliphatic rings. The molecule has 3 nitrogen and oxygen atoms in total. The van der Waals surface area contributed by atoms with E-state index in [-0.39, 0.29) is 41.4 Å². The van der Waals surface area contributed by atoms with Gasteiger partial charge in [0.1, 0.15) is 0 Å². The predicted octanol–water partition coefficient (Wildman–Crippen LogP) is 2.60. The van der Waals surface area contributed by atoms with Crippen molar-refractivity contribution in [2.45, 2.75) is 59.9 Å². The fourth-order valence-electron chi connectivity index (χ4n) is 1.26. The van der Waals surface area contributed by atoms with Gasteiger partial charge in [0, 0.05) is 18.3 Å².